The number of nitrogens with one attached hydrogen (secondary N) is 1. The third kappa shape index (κ3) is 3.94. The fourth-order valence-electron chi connectivity index (χ4n) is 5.17. The molecule has 0 saturated carbocycles. The van der Waals surface area contributed by atoms with Gasteiger partial charge in [0.2, 0.25) is 0 Å². The topological polar surface area (TPSA) is 72.2 Å². The van der Waals surface area contributed by atoms with Crippen LogP contribution in [0.3, 0.4) is 0 Å². The minimum Gasteiger partial charge on any atom is -0.358 e. The van der Waals surface area contributed by atoms with Crippen LogP contribution in [0.1, 0.15) is 49.3 Å². The summed E-state index contributed by atoms with van der Waals surface area (Å²) in [5, 5.41) is 15.0. The van der Waals surface area contributed by atoms with Crippen molar-refractivity contribution in [3.8, 4) is 0 Å². The van der Waals surface area contributed by atoms with E-state index in [0.29, 0.717) is 6.42 Å². The fourth-order valence-corrected chi connectivity index (χ4v) is 5.17. The molecule has 5 rings (SSSR count). The van der Waals surface area contributed by atoms with E-state index in [4.69, 9.17) is 0 Å². The molecule has 0 spiro atoms. The van der Waals surface area contributed by atoms with Crippen molar-refractivity contribution in [1.29, 1.82) is 0 Å². The molecule has 0 aromatic heterocycles. The molecule has 1 N–H and O–H groups in total. The first-order valence-electron chi connectivity index (χ1n) is 11.5. The molecule has 0 fully saturated rings. The first kappa shape index (κ1) is 21.8. The van der Waals surface area contributed by atoms with Crippen molar-refractivity contribution in [2.75, 3.05) is 0 Å². The van der Waals surface area contributed by atoms with Crippen LogP contribution in [-0.4, -0.2) is 10.7 Å². The third-order valence-electron chi connectivity index (χ3n) is 6.63. The lowest BCUT2D eigenvalue weighted by molar-refractivity contribution is -0.384. The van der Waals surface area contributed by atoms with Crippen molar-refractivity contribution in [2.45, 2.75) is 32.6 Å². The molecule has 34 heavy (non-hydrogen) atoms. The number of nitrogens with zero attached hydrogens (tertiary/aromatic N) is 1. The summed E-state index contributed by atoms with van der Waals surface area (Å²) in [5.74, 6) is -0.194. The van der Waals surface area contributed by atoms with Crippen molar-refractivity contribution in [3.63, 3.8) is 0 Å². The summed E-state index contributed by atoms with van der Waals surface area (Å²) in [7, 11) is 0. The Hall–Kier alpha value is -3.99. The minimum atomic E-state index is -0.394. The first-order valence-corrected chi connectivity index (χ1v) is 11.5. The predicted octanol–water partition coefficient (Wildman–Crippen LogP) is 6.49. The molecule has 5 heteroatoms. The van der Waals surface area contributed by atoms with E-state index in [2.05, 4.69) is 43.4 Å². The highest BCUT2D eigenvalue weighted by molar-refractivity contribution is 6.07. The van der Waals surface area contributed by atoms with Crippen LogP contribution in [0.4, 0.5) is 5.69 Å². The van der Waals surface area contributed by atoms with Gasteiger partial charge in [-0.3, -0.25) is 14.9 Å². The molecule has 0 bridgehead atoms. The monoisotopic (exact) mass is 450 g/mol. The smallest absolute Gasteiger partial charge is 0.269 e. The van der Waals surface area contributed by atoms with Gasteiger partial charge in [0.15, 0.2) is 5.78 Å². The number of non-ortho nitro benzene ring substituents is 1. The molecule has 2 aliphatic rings. The van der Waals surface area contributed by atoms with Gasteiger partial charge in [0, 0.05) is 35.7 Å². The number of Topliss-reactive ketones (excluding diaryl/α,β-unsaturated/α-hetero) is 1. The number of hydrogen-bond acceptors (Lipinski definition) is 4. The highest BCUT2D eigenvalue weighted by atomic mass is 16.6. The zero-order chi connectivity index (χ0) is 23.9. The van der Waals surface area contributed by atoms with Gasteiger partial charge in [0.25, 0.3) is 5.69 Å². The highest BCUT2D eigenvalue weighted by Crippen LogP contribution is 2.51. The summed E-state index contributed by atoms with van der Waals surface area (Å²) in [6.45, 7) is 4.24. The van der Waals surface area contributed by atoms with Gasteiger partial charge in [-0.15, -0.1) is 0 Å². The van der Waals surface area contributed by atoms with E-state index in [1.165, 1.54) is 12.1 Å². The molecule has 3 aromatic carbocycles. The standard InChI is InChI=1S/C29H26N2O3/c1-29(2)17-23-27(24(32)18-29)25(20-13-15-22(16-14-20)31(33)34)26(19-9-5-3-6-10-19)28(30-23)21-11-7-4-8-12-21/h3-16,25,30H,17-18H2,1-2H3. The maximum Gasteiger partial charge on any atom is 0.269 e. The van der Waals surface area contributed by atoms with E-state index < -0.39 is 4.92 Å². The molecule has 3 aromatic rings. The number of allylic oxidation sites excluding steroid dienone is 3. The van der Waals surface area contributed by atoms with Crippen molar-refractivity contribution >= 4 is 22.7 Å². The van der Waals surface area contributed by atoms with E-state index in [1.807, 2.05) is 36.4 Å². The summed E-state index contributed by atoms with van der Waals surface area (Å²) in [6.07, 6.45) is 1.23. The van der Waals surface area contributed by atoms with E-state index in [-0.39, 0.29) is 22.8 Å². The Kier molecular flexibility index (Phi) is 5.40. The molecular weight excluding hydrogens is 424 g/mol. The fraction of sp³-hybridized carbons (Fsp3) is 0.207. The average molecular weight is 451 g/mol. The molecule has 1 unspecified atom stereocenters. The molecule has 170 valence electrons. The molecule has 5 nitrogen and oxygen atoms in total. The van der Waals surface area contributed by atoms with Gasteiger partial charge < -0.3 is 5.32 Å². The second-order valence-electron chi connectivity index (χ2n) is 9.76. The number of hydrogen-bond donors (Lipinski definition) is 1. The van der Waals surface area contributed by atoms with Gasteiger partial charge in [0.05, 0.1) is 10.6 Å². The van der Waals surface area contributed by atoms with E-state index in [1.54, 1.807) is 12.1 Å². The Bertz CT molecular complexity index is 1320. The van der Waals surface area contributed by atoms with Crippen LogP contribution in [0.2, 0.25) is 0 Å². The number of ketones is 1. The highest BCUT2D eigenvalue weighted by Gasteiger charge is 2.42. The van der Waals surface area contributed by atoms with Crippen LogP contribution in [0.25, 0.3) is 11.3 Å². The molecule has 0 amide bonds. The number of carbonyl (C=O) groups excluding carboxylic acids is 1. The first-order chi connectivity index (χ1) is 16.3. The summed E-state index contributed by atoms with van der Waals surface area (Å²) < 4.78 is 0. The normalized spacial score (nSPS) is 19.5. The summed E-state index contributed by atoms with van der Waals surface area (Å²) in [5.41, 5.74) is 6.52. The zero-order valence-corrected chi connectivity index (χ0v) is 19.2. The Balaban J connectivity index is 1.79. The molecule has 1 atom stereocenters. The van der Waals surface area contributed by atoms with Crippen LogP contribution in [-0.2, 0) is 4.79 Å². The largest absolute Gasteiger partial charge is 0.358 e. The summed E-state index contributed by atoms with van der Waals surface area (Å²) >= 11 is 0. The van der Waals surface area contributed by atoms with Crippen molar-refractivity contribution < 1.29 is 9.72 Å². The number of carbonyl (C=O) groups is 1. The van der Waals surface area contributed by atoms with Crippen LogP contribution in [0, 0.1) is 15.5 Å². The third-order valence-corrected chi connectivity index (χ3v) is 6.63. The van der Waals surface area contributed by atoms with Gasteiger partial charge in [-0.2, -0.15) is 0 Å². The van der Waals surface area contributed by atoms with E-state index in [0.717, 1.165) is 45.7 Å². The Labute approximate surface area is 199 Å². The van der Waals surface area contributed by atoms with Crippen LogP contribution in [0.5, 0.6) is 0 Å². The zero-order valence-electron chi connectivity index (χ0n) is 19.2. The van der Waals surface area contributed by atoms with Crippen molar-refractivity contribution in [1.82, 2.24) is 5.32 Å². The number of benzene rings is 3. The van der Waals surface area contributed by atoms with Gasteiger partial charge in [-0.1, -0.05) is 86.6 Å². The molecule has 1 aliphatic carbocycles. The minimum absolute atomic E-state index is 0.0384. The molecule has 1 aliphatic heterocycles. The van der Waals surface area contributed by atoms with E-state index in [9.17, 15) is 14.9 Å². The van der Waals surface area contributed by atoms with Crippen LogP contribution < -0.4 is 5.32 Å². The SMILES string of the molecule is CC1(C)CC(=O)C2=C(C1)NC(c1ccccc1)=C(c1ccccc1)C2c1ccc([N+](=O)[O-])cc1. The van der Waals surface area contributed by atoms with Gasteiger partial charge >= 0.3 is 0 Å². The Morgan fingerprint density at radius 1 is 0.824 bits per heavy atom. The predicted molar refractivity (Wildman–Crippen MR) is 134 cm³/mol. The number of dihydropyridines is 1. The van der Waals surface area contributed by atoms with Gasteiger partial charge in [-0.05, 0) is 34.1 Å². The maximum absolute atomic E-state index is 13.6. The second-order valence-corrected chi connectivity index (χ2v) is 9.76. The average Bonchev–Trinajstić information content (AvgIpc) is 2.83. The van der Waals surface area contributed by atoms with Crippen LogP contribution in [0.15, 0.2) is 96.2 Å². The number of rotatable bonds is 4. The number of nitro benzene ring substituents is 1. The molecular formula is C29H26N2O3. The van der Waals surface area contributed by atoms with E-state index >= 15 is 0 Å². The lowest BCUT2D eigenvalue weighted by Crippen LogP contribution is -2.36. The second kappa shape index (κ2) is 8.41. The molecule has 1 heterocycles. The summed E-state index contributed by atoms with van der Waals surface area (Å²) in [6, 6.07) is 26.8. The Morgan fingerprint density at radius 2 is 1.41 bits per heavy atom. The lowest BCUT2D eigenvalue weighted by Gasteiger charge is -2.41. The quantitative estimate of drug-likeness (QED) is 0.364. The van der Waals surface area contributed by atoms with Crippen molar-refractivity contribution in [2.24, 2.45) is 5.41 Å². The maximum atomic E-state index is 13.6. The molecule has 0 saturated heterocycles. The van der Waals surface area contributed by atoms with Gasteiger partial charge in [0.1, 0.15) is 0 Å². The van der Waals surface area contributed by atoms with Crippen LogP contribution >= 0.6 is 0 Å². The van der Waals surface area contributed by atoms with Crippen molar-refractivity contribution in [3.05, 3.63) is 123 Å². The summed E-state index contributed by atoms with van der Waals surface area (Å²) in [4.78, 5) is 24.5. The molecule has 0 radical (unpaired) electrons. The van der Waals surface area contributed by atoms with Gasteiger partial charge in [-0.25, -0.2) is 0 Å². The number of nitro groups is 1. The lowest BCUT2D eigenvalue weighted by atomic mass is 9.67. The Morgan fingerprint density at radius 3 is 2.00 bits per heavy atom.